The Morgan fingerprint density at radius 3 is 2.94 bits per heavy atom. The number of hydrogen-bond acceptors (Lipinski definition) is 8. The fraction of sp³-hybridized carbons (Fsp3) is 0.391. The molecule has 0 radical (unpaired) electrons. The second-order valence-electron chi connectivity index (χ2n) is 8.05. The van der Waals surface area contributed by atoms with Gasteiger partial charge in [-0.3, -0.25) is 14.5 Å². The Kier molecular flexibility index (Phi) is 5.21. The molecule has 32 heavy (non-hydrogen) atoms. The van der Waals surface area contributed by atoms with Crippen molar-refractivity contribution in [1.29, 1.82) is 0 Å². The second-order valence-corrected chi connectivity index (χ2v) is 9.02. The van der Waals surface area contributed by atoms with E-state index in [1.54, 1.807) is 19.1 Å². The van der Waals surface area contributed by atoms with Crippen molar-refractivity contribution in [3.05, 3.63) is 58.7 Å². The molecular weight excluding hydrogens is 432 g/mol. The monoisotopic (exact) mass is 454 g/mol. The van der Waals surface area contributed by atoms with E-state index in [0.717, 1.165) is 37.0 Å². The zero-order chi connectivity index (χ0) is 22.4. The van der Waals surface area contributed by atoms with Gasteiger partial charge in [0.25, 0.3) is 5.91 Å². The van der Waals surface area contributed by atoms with Gasteiger partial charge in [0, 0.05) is 0 Å². The summed E-state index contributed by atoms with van der Waals surface area (Å²) in [7, 11) is 0. The highest BCUT2D eigenvalue weighted by molar-refractivity contribution is 7.17. The van der Waals surface area contributed by atoms with Gasteiger partial charge in [-0.25, -0.2) is 9.78 Å². The molecule has 0 aromatic carbocycles. The highest BCUT2D eigenvalue weighted by Crippen LogP contribution is 2.49. The summed E-state index contributed by atoms with van der Waals surface area (Å²) in [6.45, 7) is 5.29. The summed E-state index contributed by atoms with van der Waals surface area (Å²) in [4.78, 5) is 45.6. The first kappa shape index (κ1) is 20.7. The average Bonchev–Trinajstić information content (AvgIpc) is 3.51. The number of amides is 1. The molecule has 3 aliphatic rings. The summed E-state index contributed by atoms with van der Waals surface area (Å²) >= 11 is 1.04. The predicted molar refractivity (Wildman–Crippen MR) is 115 cm³/mol. The molecule has 2 aromatic rings. The third-order valence-corrected chi connectivity index (χ3v) is 7.22. The smallest absolute Gasteiger partial charge is 0.350 e. The standard InChI is InChI=1S/C23H22N2O6S/c1-3-10-30-22(28)20-12(2)24-23(32-20)25-17(15-9-6-11-29-15)16-18(26)13-7-4-5-8-14(13)31-19(16)21(25)27/h3,6,9,11,13-14,17H,1,4-5,7-8,10H2,2H3. The minimum absolute atomic E-state index is 0.0629. The number of aromatic nitrogens is 1. The number of carbonyl (C=O) groups is 3. The molecule has 3 atom stereocenters. The molecule has 1 saturated carbocycles. The number of carbonyl (C=O) groups excluding carboxylic acids is 3. The van der Waals surface area contributed by atoms with Crippen LogP contribution < -0.4 is 4.90 Å². The molecule has 0 spiro atoms. The highest BCUT2D eigenvalue weighted by Gasteiger charge is 2.54. The van der Waals surface area contributed by atoms with Crippen molar-refractivity contribution >= 4 is 34.1 Å². The Bertz CT molecular complexity index is 1130. The van der Waals surface area contributed by atoms with Crippen molar-refractivity contribution in [2.75, 3.05) is 11.5 Å². The largest absolute Gasteiger partial charge is 0.483 e. The van der Waals surface area contributed by atoms with Crippen LogP contribution in [0.4, 0.5) is 5.13 Å². The minimum Gasteiger partial charge on any atom is -0.483 e. The van der Waals surface area contributed by atoms with Crippen molar-refractivity contribution in [3.8, 4) is 0 Å². The maximum absolute atomic E-state index is 13.5. The Hall–Kier alpha value is -3.20. The van der Waals surface area contributed by atoms with E-state index in [1.807, 2.05) is 0 Å². The van der Waals surface area contributed by atoms with Crippen LogP contribution in [0.3, 0.4) is 0 Å². The topological polar surface area (TPSA) is 98.9 Å². The molecular formula is C23H22N2O6S. The number of ketones is 1. The van der Waals surface area contributed by atoms with Crippen molar-refractivity contribution in [3.63, 3.8) is 0 Å². The number of Topliss-reactive ketones (excluding diaryl/α,β-unsaturated/α-hetero) is 1. The average molecular weight is 455 g/mol. The maximum Gasteiger partial charge on any atom is 0.350 e. The van der Waals surface area contributed by atoms with Crippen molar-refractivity contribution < 1.29 is 28.3 Å². The van der Waals surface area contributed by atoms with Crippen LogP contribution >= 0.6 is 11.3 Å². The number of rotatable bonds is 5. The summed E-state index contributed by atoms with van der Waals surface area (Å²) < 4.78 is 16.9. The third kappa shape index (κ3) is 3.19. The van der Waals surface area contributed by atoms with Crippen molar-refractivity contribution in [1.82, 2.24) is 4.98 Å². The van der Waals surface area contributed by atoms with E-state index in [-0.39, 0.29) is 35.3 Å². The van der Waals surface area contributed by atoms with Crippen LogP contribution in [0, 0.1) is 12.8 Å². The van der Waals surface area contributed by atoms with Gasteiger partial charge in [0.1, 0.15) is 29.4 Å². The van der Waals surface area contributed by atoms with Gasteiger partial charge in [0.15, 0.2) is 16.7 Å². The van der Waals surface area contributed by atoms with Crippen LogP contribution in [-0.2, 0) is 19.1 Å². The first-order chi connectivity index (χ1) is 15.5. The lowest BCUT2D eigenvalue weighted by Crippen LogP contribution is -2.39. The van der Waals surface area contributed by atoms with E-state index < -0.39 is 17.9 Å². The van der Waals surface area contributed by atoms with Gasteiger partial charge in [0.05, 0.1) is 23.4 Å². The number of nitrogens with zero attached hydrogens (tertiary/aromatic N) is 2. The third-order valence-electron chi connectivity index (χ3n) is 6.09. The number of anilines is 1. The normalized spacial score (nSPS) is 24.8. The lowest BCUT2D eigenvalue weighted by Gasteiger charge is -2.35. The van der Waals surface area contributed by atoms with Gasteiger partial charge in [-0.2, -0.15) is 0 Å². The molecule has 0 saturated heterocycles. The number of esters is 1. The number of furan rings is 1. The molecule has 4 heterocycles. The Balaban J connectivity index is 1.57. The summed E-state index contributed by atoms with van der Waals surface area (Å²) in [5.74, 6) is -0.786. The van der Waals surface area contributed by atoms with Crippen molar-refractivity contribution in [2.45, 2.75) is 44.8 Å². The summed E-state index contributed by atoms with van der Waals surface area (Å²) in [6.07, 6.45) is 6.13. The highest BCUT2D eigenvalue weighted by atomic mass is 32.1. The molecule has 1 aliphatic carbocycles. The predicted octanol–water partition coefficient (Wildman–Crippen LogP) is 3.89. The second kappa shape index (κ2) is 8.05. The number of fused-ring (bicyclic) bond motifs is 1. The number of aryl methyl sites for hydroxylation is 1. The zero-order valence-corrected chi connectivity index (χ0v) is 18.4. The van der Waals surface area contributed by atoms with Gasteiger partial charge in [-0.15, -0.1) is 0 Å². The number of thiazole rings is 1. The molecule has 5 rings (SSSR count). The fourth-order valence-corrected chi connectivity index (χ4v) is 5.62. The first-order valence-corrected chi connectivity index (χ1v) is 11.4. The van der Waals surface area contributed by atoms with E-state index in [4.69, 9.17) is 13.9 Å². The van der Waals surface area contributed by atoms with Gasteiger partial charge < -0.3 is 13.9 Å². The molecule has 9 heteroatoms. The van der Waals surface area contributed by atoms with Gasteiger partial charge >= 0.3 is 5.97 Å². The fourth-order valence-electron chi connectivity index (χ4n) is 4.63. The first-order valence-electron chi connectivity index (χ1n) is 10.6. The Labute approximate surface area is 188 Å². The summed E-state index contributed by atoms with van der Waals surface area (Å²) in [6, 6.07) is 2.64. The lowest BCUT2D eigenvalue weighted by atomic mass is 9.78. The molecule has 166 valence electrons. The van der Waals surface area contributed by atoms with E-state index in [2.05, 4.69) is 11.6 Å². The molecule has 0 bridgehead atoms. The molecule has 1 fully saturated rings. The zero-order valence-electron chi connectivity index (χ0n) is 17.5. The molecule has 8 nitrogen and oxygen atoms in total. The Morgan fingerprint density at radius 1 is 1.38 bits per heavy atom. The van der Waals surface area contributed by atoms with E-state index in [9.17, 15) is 14.4 Å². The van der Waals surface area contributed by atoms with Crippen LogP contribution in [-0.4, -0.2) is 35.4 Å². The van der Waals surface area contributed by atoms with Crippen LogP contribution in [0.2, 0.25) is 0 Å². The summed E-state index contributed by atoms with van der Waals surface area (Å²) in [5, 5.41) is 0.285. The number of hydrogen-bond donors (Lipinski definition) is 0. The Morgan fingerprint density at radius 2 is 2.19 bits per heavy atom. The van der Waals surface area contributed by atoms with Crippen LogP contribution in [0.5, 0.6) is 0 Å². The van der Waals surface area contributed by atoms with Gasteiger partial charge in [-0.05, 0) is 38.3 Å². The molecule has 0 N–H and O–H groups in total. The number of ether oxygens (including phenoxy) is 2. The summed E-state index contributed by atoms with van der Waals surface area (Å²) in [5.41, 5.74) is 0.757. The lowest BCUT2D eigenvalue weighted by molar-refractivity contribution is -0.131. The van der Waals surface area contributed by atoms with Gasteiger partial charge in [-0.1, -0.05) is 30.4 Å². The quantitative estimate of drug-likeness (QED) is 0.499. The SMILES string of the molecule is C=CCOC(=O)c1sc(N2C(=O)C3=C(C(=O)C4CCCCC4O3)C2c2ccco2)nc1C. The maximum atomic E-state index is 13.5. The molecule has 3 unspecified atom stereocenters. The minimum atomic E-state index is -0.787. The van der Waals surface area contributed by atoms with Gasteiger partial charge in [0.2, 0.25) is 0 Å². The molecule has 1 amide bonds. The molecule has 2 aliphatic heterocycles. The van der Waals surface area contributed by atoms with E-state index in [0.29, 0.717) is 21.9 Å². The van der Waals surface area contributed by atoms with Crippen LogP contribution in [0.25, 0.3) is 0 Å². The van der Waals surface area contributed by atoms with E-state index in [1.165, 1.54) is 17.2 Å². The molecule has 2 aromatic heterocycles. The van der Waals surface area contributed by atoms with Crippen molar-refractivity contribution in [2.24, 2.45) is 5.92 Å². The van der Waals surface area contributed by atoms with E-state index >= 15 is 0 Å². The van der Waals surface area contributed by atoms with Crippen LogP contribution in [0.1, 0.15) is 52.9 Å². The van der Waals surface area contributed by atoms with Crippen LogP contribution in [0.15, 0.2) is 46.8 Å².